The average Bonchev–Trinajstić information content (AvgIpc) is 2.29. The van der Waals surface area contributed by atoms with Crippen molar-refractivity contribution in [2.45, 2.75) is 25.2 Å². The number of hydrogen-bond acceptors (Lipinski definition) is 3. The van der Waals surface area contributed by atoms with Gasteiger partial charge < -0.3 is 9.84 Å². The van der Waals surface area contributed by atoms with E-state index in [1.54, 1.807) is 6.92 Å². The predicted molar refractivity (Wildman–Crippen MR) is 66.9 cm³/mol. The van der Waals surface area contributed by atoms with Gasteiger partial charge in [0.05, 0.1) is 12.2 Å². The molecule has 0 saturated carbocycles. The van der Waals surface area contributed by atoms with Crippen LogP contribution in [0.4, 0.5) is 0 Å². The Morgan fingerprint density at radius 2 is 2.24 bits per heavy atom. The molecule has 2 N–H and O–H groups in total. The summed E-state index contributed by atoms with van der Waals surface area (Å²) in [6.07, 6.45) is -0.463. The van der Waals surface area contributed by atoms with Crippen molar-refractivity contribution in [3.05, 3.63) is 34.3 Å². The first kappa shape index (κ1) is 12.5. The second-order valence-electron chi connectivity index (χ2n) is 4.08. The van der Waals surface area contributed by atoms with E-state index in [-0.39, 0.29) is 12.2 Å². The minimum Gasteiger partial charge on any atom is -0.480 e. The van der Waals surface area contributed by atoms with Gasteiger partial charge in [-0.15, -0.1) is 0 Å². The van der Waals surface area contributed by atoms with Gasteiger partial charge in [0.1, 0.15) is 6.04 Å². The van der Waals surface area contributed by atoms with E-state index in [1.165, 1.54) is 0 Å². The van der Waals surface area contributed by atoms with E-state index in [9.17, 15) is 4.79 Å². The van der Waals surface area contributed by atoms with Crippen LogP contribution in [0.25, 0.3) is 0 Å². The zero-order chi connectivity index (χ0) is 12.4. The monoisotopic (exact) mass is 299 g/mol. The van der Waals surface area contributed by atoms with E-state index >= 15 is 0 Å². The molecule has 92 valence electrons. The maximum Gasteiger partial charge on any atom is 0.323 e. The maximum absolute atomic E-state index is 10.9. The van der Waals surface area contributed by atoms with Gasteiger partial charge in [-0.1, -0.05) is 34.1 Å². The molecule has 3 atom stereocenters. The molecule has 17 heavy (non-hydrogen) atoms. The summed E-state index contributed by atoms with van der Waals surface area (Å²) >= 11 is 3.47. The lowest BCUT2D eigenvalue weighted by molar-refractivity contribution is -0.149. The Bertz CT molecular complexity index is 424. The minimum absolute atomic E-state index is 0.115. The molecule has 1 saturated heterocycles. The molecule has 0 amide bonds. The smallest absolute Gasteiger partial charge is 0.323 e. The molecule has 5 heteroatoms. The molecule has 2 rings (SSSR count). The number of halogens is 1. The van der Waals surface area contributed by atoms with Gasteiger partial charge in [0, 0.05) is 11.0 Å². The van der Waals surface area contributed by atoms with Gasteiger partial charge in [0.15, 0.2) is 0 Å². The van der Waals surface area contributed by atoms with Crippen LogP contribution < -0.4 is 5.32 Å². The van der Waals surface area contributed by atoms with Gasteiger partial charge in [0.25, 0.3) is 0 Å². The van der Waals surface area contributed by atoms with E-state index in [0.29, 0.717) is 6.54 Å². The van der Waals surface area contributed by atoms with Crippen molar-refractivity contribution in [2.75, 3.05) is 6.54 Å². The number of rotatable bonds is 2. The molecule has 1 aliphatic heterocycles. The van der Waals surface area contributed by atoms with Crippen LogP contribution in [0.5, 0.6) is 0 Å². The third-order valence-electron chi connectivity index (χ3n) is 2.89. The Hall–Kier alpha value is -0.910. The molecule has 1 heterocycles. The third-order valence-corrected chi connectivity index (χ3v) is 3.61. The molecule has 0 spiro atoms. The summed E-state index contributed by atoms with van der Waals surface area (Å²) in [7, 11) is 0. The fraction of sp³-hybridized carbons (Fsp3) is 0.417. The molecular weight excluding hydrogens is 286 g/mol. The van der Waals surface area contributed by atoms with Crippen molar-refractivity contribution in [3.63, 3.8) is 0 Å². The lowest BCUT2D eigenvalue weighted by Crippen LogP contribution is -2.52. The Morgan fingerprint density at radius 1 is 1.53 bits per heavy atom. The molecule has 1 aromatic carbocycles. The van der Waals surface area contributed by atoms with E-state index in [1.807, 2.05) is 24.3 Å². The molecular formula is C12H14BrNO3. The summed E-state index contributed by atoms with van der Waals surface area (Å²) in [4.78, 5) is 10.9. The Balaban J connectivity index is 2.12. The average molecular weight is 300 g/mol. The standard InChI is InChI=1S/C12H14BrNO3/c1-7-11(12(15)16)14-6-10(17-7)8-4-2-3-5-9(8)13/h2-5,7,10-11,14H,6H2,1H3,(H,15,16). The van der Waals surface area contributed by atoms with Gasteiger partial charge in [-0.2, -0.15) is 0 Å². The van der Waals surface area contributed by atoms with E-state index in [2.05, 4.69) is 21.2 Å². The molecule has 1 aliphatic rings. The van der Waals surface area contributed by atoms with Crippen molar-refractivity contribution >= 4 is 21.9 Å². The summed E-state index contributed by atoms with van der Waals surface area (Å²) < 4.78 is 6.73. The van der Waals surface area contributed by atoms with E-state index in [0.717, 1.165) is 10.0 Å². The number of carboxylic acids is 1. The van der Waals surface area contributed by atoms with Gasteiger partial charge in [0.2, 0.25) is 0 Å². The highest BCUT2D eigenvalue weighted by Gasteiger charge is 2.33. The van der Waals surface area contributed by atoms with Crippen LogP contribution in [0.2, 0.25) is 0 Å². The molecule has 0 aromatic heterocycles. The van der Waals surface area contributed by atoms with Crippen molar-refractivity contribution in [1.82, 2.24) is 5.32 Å². The van der Waals surface area contributed by atoms with E-state index < -0.39 is 12.0 Å². The molecule has 3 unspecified atom stereocenters. The predicted octanol–water partition coefficient (Wildman–Crippen LogP) is 1.95. The zero-order valence-corrected chi connectivity index (χ0v) is 11.0. The van der Waals surface area contributed by atoms with Crippen molar-refractivity contribution < 1.29 is 14.6 Å². The summed E-state index contributed by atoms with van der Waals surface area (Å²) in [5, 5.41) is 12.0. The molecule has 0 radical (unpaired) electrons. The number of hydrogen-bond donors (Lipinski definition) is 2. The first-order valence-corrected chi connectivity index (χ1v) is 6.25. The highest BCUT2D eigenvalue weighted by molar-refractivity contribution is 9.10. The molecule has 0 bridgehead atoms. The van der Waals surface area contributed by atoms with Crippen LogP contribution in [-0.2, 0) is 9.53 Å². The second-order valence-corrected chi connectivity index (χ2v) is 4.93. The number of aliphatic carboxylic acids is 1. The number of nitrogens with one attached hydrogen (secondary N) is 1. The van der Waals surface area contributed by atoms with Crippen molar-refractivity contribution in [2.24, 2.45) is 0 Å². The van der Waals surface area contributed by atoms with E-state index in [4.69, 9.17) is 9.84 Å². The maximum atomic E-state index is 10.9. The summed E-state index contributed by atoms with van der Waals surface area (Å²) in [5.41, 5.74) is 1.04. The Kier molecular flexibility index (Phi) is 3.81. The number of carboxylic acid groups (broad SMARTS) is 1. The fourth-order valence-electron chi connectivity index (χ4n) is 1.99. The lowest BCUT2D eigenvalue weighted by atomic mass is 10.0. The minimum atomic E-state index is -0.872. The second kappa shape index (κ2) is 5.16. The molecule has 4 nitrogen and oxygen atoms in total. The topological polar surface area (TPSA) is 58.6 Å². The van der Waals surface area contributed by atoms with Gasteiger partial charge in [-0.3, -0.25) is 10.1 Å². The summed E-state index contributed by atoms with van der Waals surface area (Å²) in [6.45, 7) is 2.28. The SMILES string of the molecule is CC1OC(c2ccccc2Br)CNC1C(=O)O. The van der Waals surface area contributed by atoms with Crippen LogP contribution in [0, 0.1) is 0 Å². The fourth-order valence-corrected chi connectivity index (χ4v) is 2.53. The van der Waals surface area contributed by atoms with Crippen molar-refractivity contribution in [3.8, 4) is 0 Å². The normalized spacial score (nSPS) is 28.9. The van der Waals surface area contributed by atoms with Crippen LogP contribution in [0.15, 0.2) is 28.7 Å². The first-order valence-electron chi connectivity index (χ1n) is 5.45. The van der Waals surface area contributed by atoms with Crippen LogP contribution in [0.3, 0.4) is 0 Å². The molecule has 1 aromatic rings. The van der Waals surface area contributed by atoms with Gasteiger partial charge >= 0.3 is 5.97 Å². The third kappa shape index (κ3) is 2.68. The van der Waals surface area contributed by atoms with Crippen LogP contribution >= 0.6 is 15.9 Å². The van der Waals surface area contributed by atoms with Gasteiger partial charge in [-0.05, 0) is 18.6 Å². The lowest BCUT2D eigenvalue weighted by Gasteiger charge is -2.34. The largest absolute Gasteiger partial charge is 0.480 e. The molecule has 0 aliphatic carbocycles. The molecule has 1 fully saturated rings. The quantitative estimate of drug-likeness (QED) is 0.876. The zero-order valence-electron chi connectivity index (χ0n) is 9.39. The Morgan fingerprint density at radius 3 is 2.82 bits per heavy atom. The highest BCUT2D eigenvalue weighted by atomic mass is 79.9. The number of morpholine rings is 1. The van der Waals surface area contributed by atoms with Crippen LogP contribution in [0.1, 0.15) is 18.6 Å². The number of carbonyl (C=O) groups is 1. The highest BCUT2D eigenvalue weighted by Crippen LogP contribution is 2.29. The number of benzene rings is 1. The van der Waals surface area contributed by atoms with Crippen molar-refractivity contribution in [1.29, 1.82) is 0 Å². The summed E-state index contributed by atoms with van der Waals surface area (Å²) in [6, 6.07) is 7.18. The number of ether oxygens (including phenoxy) is 1. The van der Waals surface area contributed by atoms with Crippen LogP contribution in [-0.4, -0.2) is 29.8 Å². The Labute approximate surface area is 108 Å². The first-order chi connectivity index (χ1) is 8.09. The van der Waals surface area contributed by atoms with Gasteiger partial charge in [-0.25, -0.2) is 0 Å². The summed E-state index contributed by atoms with van der Waals surface area (Å²) in [5.74, 6) is -0.872.